The highest BCUT2D eigenvalue weighted by molar-refractivity contribution is 7.92. The van der Waals surface area contributed by atoms with Gasteiger partial charge in [-0.2, -0.15) is 0 Å². The molecule has 0 aliphatic carbocycles. The number of aryl methyl sites for hydroxylation is 2. The fourth-order valence-corrected chi connectivity index (χ4v) is 2.60. The highest BCUT2D eigenvalue weighted by atomic mass is 32.2. The second-order valence-corrected chi connectivity index (χ2v) is 5.00. The van der Waals surface area contributed by atoms with Crippen LogP contribution in [0.3, 0.4) is 0 Å². The standard InChI is InChI=1S/C8H10N2O2S/c1-6-4-9-5-7-2-3-13(11,12)10-8(6)7/h4-5,10H,2-3H2,1H3. The number of aromatic nitrogens is 1. The number of sulfonamides is 1. The largest absolute Gasteiger partial charge is 0.283 e. The molecule has 0 radical (unpaired) electrons. The fourth-order valence-electron chi connectivity index (χ4n) is 1.41. The first-order valence-corrected chi connectivity index (χ1v) is 5.68. The minimum Gasteiger partial charge on any atom is -0.283 e. The summed E-state index contributed by atoms with van der Waals surface area (Å²) < 4.78 is 25.0. The molecule has 2 heterocycles. The number of nitrogens with zero attached hydrogens (tertiary/aromatic N) is 1. The molecule has 2 rings (SSSR count). The van der Waals surface area contributed by atoms with Crippen molar-refractivity contribution >= 4 is 15.7 Å². The van der Waals surface area contributed by atoms with E-state index in [4.69, 9.17) is 0 Å². The second kappa shape index (κ2) is 2.70. The minimum absolute atomic E-state index is 0.158. The van der Waals surface area contributed by atoms with Gasteiger partial charge in [0.05, 0.1) is 11.4 Å². The topological polar surface area (TPSA) is 59.1 Å². The van der Waals surface area contributed by atoms with Gasteiger partial charge < -0.3 is 0 Å². The molecule has 1 aromatic rings. The van der Waals surface area contributed by atoms with Crippen LogP contribution < -0.4 is 4.72 Å². The zero-order chi connectivity index (χ0) is 9.47. The highest BCUT2D eigenvalue weighted by Crippen LogP contribution is 2.25. The second-order valence-electron chi connectivity index (χ2n) is 3.16. The van der Waals surface area contributed by atoms with Crippen molar-refractivity contribution < 1.29 is 8.42 Å². The van der Waals surface area contributed by atoms with Gasteiger partial charge in [-0.1, -0.05) is 0 Å². The van der Waals surface area contributed by atoms with Crippen molar-refractivity contribution in [1.82, 2.24) is 4.98 Å². The van der Waals surface area contributed by atoms with Crippen molar-refractivity contribution in [2.24, 2.45) is 0 Å². The molecule has 0 saturated carbocycles. The Morgan fingerprint density at radius 1 is 1.46 bits per heavy atom. The summed E-state index contributed by atoms with van der Waals surface area (Å²) in [6.07, 6.45) is 3.93. The molecule has 0 unspecified atom stereocenters. The van der Waals surface area contributed by atoms with Gasteiger partial charge in [0.15, 0.2) is 0 Å². The Kier molecular flexibility index (Phi) is 1.76. The Balaban J connectivity index is 2.56. The minimum atomic E-state index is -3.10. The molecule has 0 spiro atoms. The van der Waals surface area contributed by atoms with Crippen molar-refractivity contribution in [3.63, 3.8) is 0 Å². The van der Waals surface area contributed by atoms with Gasteiger partial charge in [0, 0.05) is 12.4 Å². The molecular weight excluding hydrogens is 188 g/mol. The number of hydrogen-bond acceptors (Lipinski definition) is 3. The number of rotatable bonds is 0. The first-order valence-electron chi connectivity index (χ1n) is 4.02. The number of hydrogen-bond donors (Lipinski definition) is 1. The van der Waals surface area contributed by atoms with E-state index in [2.05, 4.69) is 9.71 Å². The van der Waals surface area contributed by atoms with Gasteiger partial charge in [-0.3, -0.25) is 9.71 Å². The monoisotopic (exact) mass is 198 g/mol. The van der Waals surface area contributed by atoms with E-state index in [0.29, 0.717) is 12.1 Å². The van der Waals surface area contributed by atoms with E-state index >= 15 is 0 Å². The average molecular weight is 198 g/mol. The van der Waals surface area contributed by atoms with E-state index in [-0.39, 0.29) is 5.75 Å². The predicted octanol–water partition coefficient (Wildman–Crippen LogP) is 0.688. The number of pyridine rings is 1. The number of fused-ring (bicyclic) bond motifs is 1. The van der Waals surface area contributed by atoms with Crippen molar-refractivity contribution in [2.75, 3.05) is 10.5 Å². The Bertz CT molecular complexity index is 439. The Morgan fingerprint density at radius 2 is 2.23 bits per heavy atom. The maximum atomic E-state index is 11.2. The van der Waals surface area contributed by atoms with Gasteiger partial charge >= 0.3 is 0 Å². The third-order valence-corrected chi connectivity index (χ3v) is 3.37. The summed E-state index contributed by atoms with van der Waals surface area (Å²) in [6, 6.07) is 0. The molecule has 5 heteroatoms. The van der Waals surface area contributed by atoms with E-state index in [1.807, 2.05) is 6.92 Å². The summed E-state index contributed by atoms with van der Waals surface area (Å²) in [7, 11) is -3.10. The lowest BCUT2D eigenvalue weighted by molar-refractivity contribution is 0.599. The van der Waals surface area contributed by atoms with E-state index < -0.39 is 10.0 Å². The molecule has 1 N–H and O–H groups in total. The molecule has 70 valence electrons. The lowest BCUT2D eigenvalue weighted by atomic mass is 10.1. The zero-order valence-corrected chi connectivity index (χ0v) is 8.06. The van der Waals surface area contributed by atoms with Gasteiger partial charge in [0.1, 0.15) is 0 Å². The molecule has 1 aromatic heterocycles. The van der Waals surface area contributed by atoms with Crippen molar-refractivity contribution in [1.29, 1.82) is 0 Å². The summed E-state index contributed by atoms with van der Waals surface area (Å²) in [5.74, 6) is 0.158. The van der Waals surface area contributed by atoms with Crippen LogP contribution in [0.15, 0.2) is 12.4 Å². The molecule has 0 aromatic carbocycles. The lowest BCUT2D eigenvalue weighted by Gasteiger charge is -2.19. The highest BCUT2D eigenvalue weighted by Gasteiger charge is 2.21. The van der Waals surface area contributed by atoms with Crippen LogP contribution in [0.25, 0.3) is 0 Å². The number of anilines is 1. The third-order valence-electron chi connectivity index (χ3n) is 2.11. The van der Waals surface area contributed by atoms with Gasteiger partial charge in [-0.05, 0) is 24.5 Å². The van der Waals surface area contributed by atoms with E-state index in [0.717, 1.165) is 11.1 Å². The maximum absolute atomic E-state index is 11.2. The van der Waals surface area contributed by atoms with Crippen LogP contribution in [0.5, 0.6) is 0 Å². The first-order chi connectivity index (χ1) is 6.08. The molecule has 0 amide bonds. The molecule has 1 aliphatic rings. The molecule has 0 atom stereocenters. The van der Waals surface area contributed by atoms with Crippen LogP contribution in [-0.2, 0) is 16.4 Å². The summed E-state index contributed by atoms with van der Waals surface area (Å²) in [5, 5.41) is 0. The van der Waals surface area contributed by atoms with Crippen LogP contribution in [0.2, 0.25) is 0 Å². The molecular formula is C8H10N2O2S. The van der Waals surface area contributed by atoms with Gasteiger partial charge in [0.2, 0.25) is 10.0 Å². The SMILES string of the molecule is Cc1cncc2c1NS(=O)(=O)CC2. The normalized spacial score (nSPS) is 18.8. The fraction of sp³-hybridized carbons (Fsp3) is 0.375. The van der Waals surface area contributed by atoms with Gasteiger partial charge in [0.25, 0.3) is 0 Å². The van der Waals surface area contributed by atoms with Crippen molar-refractivity contribution in [2.45, 2.75) is 13.3 Å². The summed E-state index contributed by atoms with van der Waals surface area (Å²) >= 11 is 0. The lowest BCUT2D eigenvalue weighted by Crippen LogP contribution is -2.24. The average Bonchev–Trinajstić information content (AvgIpc) is 2.06. The van der Waals surface area contributed by atoms with Crippen LogP contribution in [-0.4, -0.2) is 19.2 Å². The smallest absolute Gasteiger partial charge is 0.233 e. The first kappa shape index (κ1) is 8.50. The third kappa shape index (κ3) is 1.51. The van der Waals surface area contributed by atoms with Crippen molar-refractivity contribution in [3.8, 4) is 0 Å². The summed E-state index contributed by atoms with van der Waals surface area (Å²) in [6.45, 7) is 1.85. The molecule has 0 fully saturated rings. The molecule has 1 aliphatic heterocycles. The van der Waals surface area contributed by atoms with Gasteiger partial charge in [-0.25, -0.2) is 8.42 Å². The maximum Gasteiger partial charge on any atom is 0.233 e. The predicted molar refractivity (Wildman–Crippen MR) is 50.1 cm³/mol. The quantitative estimate of drug-likeness (QED) is 0.667. The molecule has 4 nitrogen and oxygen atoms in total. The van der Waals surface area contributed by atoms with E-state index in [1.54, 1.807) is 12.4 Å². The van der Waals surface area contributed by atoms with E-state index in [9.17, 15) is 8.42 Å². The molecule has 0 bridgehead atoms. The van der Waals surface area contributed by atoms with Crippen LogP contribution in [0.1, 0.15) is 11.1 Å². The molecule has 0 saturated heterocycles. The van der Waals surface area contributed by atoms with Crippen molar-refractivity contribution in [3.05, 3.63) is 23.5 Å². The Morgan fingerprint density at radius 3 is 3.00 bits per heavy atom. The molecule has 13 heavy (non-hydrogen) atoms. The van der Waals surface area contributed by atoms with E-state index in [1.165, 1.54) is 0 Å². The number of nitrogens with one attached hydrogen (secondary N) is 1. The van der Waals surface area contributed by atoms with Crippen LogP contribution in [0, 0.1) is 6.92 Å². The summed E-state index contributed by atoms with van der Waals surface area (Å²) in [5.41, 5.74) is 2.57. The zero-order valence-electron chi connectivity index (χ0n) is 7.24. The Hall–Kier alpha value is -1.10. The van der Waals surface area contributed by atoms with Crippen LogP contribution >= 0.6 is 0 Å². The van der Waals surface area contributed by atoms with Gasteiger partial charge in [-0.15, -0.1) is 0 Å². The summed E-state index contributed by atoms with van der Waals surface area (Å²) in [4.78, 5) is 4.01. The Labute approximate surface area is 77.1 Å². The van der Waals surface area contributed by atoms with Crippen LogP contribution in [0.4, 0.5) is 5.69 Å².